The summed E-state index contributed by atoms with van der Waals surface area (Å²) in [6.45, 7) is 1.60. The molecule has 0 aliphatic heterocycles. The van der Waals surface area contributed by atoms with Crippen LogP contribution in [0.4, 0.5) is 4.39 Å². The van der Waals surface area contributed by atoms with Gasteiger partial charge in [-0.15, -0.1) is 0 Å². The lowest BCUT2D eigenvalue weighted by Crippen LogP contribution is -2.35. The summed E-state index contributed by atoms with van der Waals surface area (Å²) < 4.78 is 18.0. The molecule has 116 valence electrons. The molecule has 1 atom stereocenters. The van der Waals surface area contributed by atoms with Crippen molar-refractivity contribution in [1.82, 2.24) is 5.32 Å². The number of amides is 1. The van der Waals surface area contributed by atoms with Crippen LogP contribution in [0.25, 0.3) is 0 Å². The lowest BCUT2D eigenvalue weighted by Gasteiger charge is -2.13. The summed E-state index contributed by atoms with van der Waals surface area (Å²) in [6.07, 6.45) is 1.20. The van der Waals surface area contributed by atoms with Crippen LogP contribution in [0, 0.1) is 11.7 Å². The van der Waals surface area contributed by atoms with Gasteiger partial charge in [-0.1, -0.05) is 24.9 Å². The van der Waals surface area contributed by atoms with Crippen molar-refractivity contribution in [2.45, 2.75) is 19.8 Å². The molecule has 0 saturated heterocycles. The number of nitrogens with one attached hydrogen (secondary N) is 1. The van der Waals surface area contributed by atoms with Crippen LogP contribution in [0.1, 0.15) is 19.8 Å². The molecule has 1 rings (SSSR count). The molecule has 0 spiro atoms. The number of carboxylic acid groups (broad SMARTS) is 1. The summed E-state index contributed by atoms with van der Waals surface area (Å²) in [6, 6.07) is 3.57. The van der Waals surface area contributed by atoms with E-state index in [9.17, 15) is 14.0 Å². The number of benzene rings is 1. The molecule has 1 aromatic rings. The van der Waals surface area contributed by atoms with E-state index in [0.717, 1.165) is 6.07 Å². The molecule has 0 radical (unpaired) electrons. The monoisotopic (exact) mass is 317 g/mol. The van der Waals surface area contributed by atoms with Crippen LogP contribution in [0.15, 0.2) is 18.2 Å². The summed E-state index contributed by atoms with van der Waals surface area (Å²) in [4.78, 5) is 22.5. The van der Waals surface area contributed by atoms with Crippen LogP contribution < -0.4 is 10.1 Å². The Labute approximate surface area is 127 Å². The maximum absolute atomic E-state index is 12.8. The number of carbonyl (C=O) groups excluding carboxylic acids is 1. The molecule has 0 bridgehead atoms. The Morgan fingerprint density at radius 2 is 2.19 bits per heavy atom. The Balaban J connectivity index is 2.41. The Kier molecular flexibility index (Phi) is 6.94. The van der Waals surface area contributed by atoms with Crippen molar-refractivity contribution in [2.24, 2.45) is 5.92 Å². The predicted octanol–water partition coefficient (Wildman–Crippen LogP) is 2.48. The van der Waals surface area contributed by atoms with Gasteiger partial charge in [0.25, 0.3) is 5.91 Å². The molecule has 1 aromatic carbocycles. The number of carbonyl (C=O) groups is 2. The number of rotatable bonds is 8. The van der Waals surface area contributed by atoms with Crippen molar-refractivity contribution >= 4 is 23.5 Å². The van der Waals surface area contributed by atoms with Crippen LogP contribution in [0.5, 0.6) is 5.75 Å². The van der Waals surface area contributed by atoms with Gasteiger partial charge >= 0.3 is 5.97 Å². The van der Waals surface area contributed by atoms with Gasteiger partial charge in [0, 0.05) is 6.54 Å². The fourth-order valence-electron chi connectivity index (χ4n) is 1.68. The van der Waals surface area contributed by atoms with Gasteiger partial charge in [0.05, 0.1) is 10.9 Å². The topological polar surface area (TPSA) is 75.6 Å². The first kappa shape index (κ1) is 17.2. The van der Waals surface area contributed by atoms with Gasteiger partial charge in [0.2, 0.25) is 0 Å². The molecule has 0 heterocycles. The average Bonchev–Trinajstić information content (AvgIpc) is 2.42. The van der Waals surface area contributed by atoms with Crippen LogP contribution in [-0.2, 0) is 9.59 Å². The predicted molar refractivity (Wildman–Crippen MR) is 75.9 cm³/mol. The zero-order valence-corrected chi connectivity index (χ0v) is 12.3. The van der Waals surface area contributed by atoms with Gasteiger partial charge < -0.3 is 15.2 Å². The lowest BCUT2D eigenvalue weighted by atomic mass is 10.0. The summed E-state index contributed by atoms with van der Waals surface area (Å²) in [5.41, 5.74) is 0. The molecule has 0 aliphatic rings. The minimum absolute atomic E-state index is 0.0442. The van der Waals surface area contributed by atoms with Crippen LogP contribution >= 0.6 is 11.6 Å². The SMILES string of the molecule is CCCC(CNC(=O)COc1ccc(F)cc1Cl)C(=O)O. The van der Waals surface area contributed by atoms with E-state index in [1.54, 1.807) is 0 Å². The second-order valence-electron chi connectivity index (χ2n) is 4.49. The fraction of sp³-hybridized carbons (Fsp3) is 0.429. The number of carboxylic acids is 1. The number of aliphatic carboxylic acids is 1. The van der Waals surface area contributed by atoms with Crippen LogP contribution in [-0.4, -0.2) is 30.1 Å². The smallest absolute Gasteiger partial charge is 0.308 e. The second-order valence-corrected chi connectivity index (χ2v) is 4.90. The zero-order chi connectivity index (χ0) is 15.8. The van der Waals surface area contributed by atoms with Crippen LogP contribution in [0.3, 0.4) is 0 Å². The molecule has 7 heteroatoms. The highest BCUT2D eigenvalue weighted by Crippen LogP contribution is 2.24. The maximum Gasteiger partial charge on any atom is 0.308 e. The van der Waals surface area contributed by atoms with Crippen molar-refractivity contribution in [3.8, 4) is 5.75 Å². The summed E-state index contributed by atoms with van der Waals surface area (Å²) >= 11 is 5.75. The van der Waals surface area contributed by atoms with E-state index in [2.05, 4.69) is 5.32 Å². The normalized spacial score (nSPS) is 11.8. The van der Waals surface area contributed by atoms with Gasteiger partial charge in [0.1, 0.15) is 11.6 Å². The van der Waals surface area contributed by atoms with E-state index in [4.69, 9.17) is 21.4 Å². The third-order valence-corrected chi connectivity index (χ3v) is 3.08. The standard InChI is InChI=1S/C14H17ClFNO4/c1-2-3-9(14(19)20)7-17-13(18)8-21-12-5-4-10(16)6-11(12)15/h4-6,9H,2-3,7-8H2,1H3,(H,17,18)(H,19,20). The first-order valence-corrected chi connectivity index (χ1v) is 6.89. The summed E-state index contributed by atoms with van der Waals surface area (Å²) in [5.74, 6) is -2.33. The third kappa shape index (κ3) is 5.99. The summed E-state index contributed by atoms with van der Waals surface area (Å²) in [5, 5.41) is 11.5. The molecule has 1 amide bonds. The average molecular weight is 318 g/mol. The highest BCUT2D eigenvalue weighted by atomic mass is 35.5. The van der Waals surface area contributed by atoms with E-state index >= 15 is 0 Å². The van der Waals surface area contributed by atoms with Gasteiger partial charge in [0.15, 0.2) is 6.61 Å². The van der Waals surface area contributed by atoms with Crippen molar-refractivity contribution in [2.75, 3.05) is 13.2 Å². The number of halogens is 2. The minimum atomic E-state index is -0.945. The number of hydrogen-bond acceptors (Lipinski definition) is 3. The maximum atomic E-state index is 12.8. The highest BCUT2D eigenvalue weighted by molar-refractivity contribution is 6.32. The number of ether oxygens (including phenoxy) is 1. The quantitative estimate of drug-likeness (QED) is 0.772. The van der Waals surface area contributed by atoms with E-state index in [1.807, 2.05) is 6.92 Å². The Bertz CT molecular complexity index is 510. The van der Waals surface area contributed by atoms with Crippen molar-refractivity contribution in [3.05, 3.63) is 29.0 Å². The lowest BCUT2D eigenvalue weighted by molar-refractivity contribution is -0.142. The molecule has 2 N–H and O–H groups in total. The molecule has 0 saturated carbocycles. The Hall–Kier alpha value is -1.82. The first-order valence-electron chi connectivity index (χ1n) is 6.51. The molecule has 1 unspecified atom stereocenters. The van der Waals surface area contributed by atoms with Gasteiger partial charge in [-0.2, -0.15) is 0 Å². The molecule has 21 heavy (non-hydrogen) atoms. The Morgan fingerprint density at radius 3 is 2.76 bits per heavy atom. The van der Waals surface area contributed by atoms with Crippen molar-refractivity contribution in [3.63, 3.8) is 0 Å². The fourth-order valence-corrected chi connectivity index (χ4v) is 1.91. The zero-order valence-electron chi connectivity index (χ0n) is 11.6. The Morgan fingerprint density at radius 1 is 1.48 bits per heavy atom. The van der Waals surface area contributed by atoms with E-state index in [0.29, 0.717) is 12.8 Å². The van der Waals surface area contributed by atoms with Gasteiger partial charge in [-0.25, -0.2) is 4.39 Å². The van der Waals surface area contributed by atoms with Crippen LogP contribution in [0.2, 0.25) is 5.02 Å². The second kappa shape index (κ2) is 8.46. The largest absolute Gasteiger partial charge is 0.482 e. The summed E-state index contributed by atoms with van der Waals surface area (Å²) in [7, 11) is 0. The number of hydrogen-bond donors (Lipinski definition) is 2. The van der Waals surface area contributed by atoms with E-state index in [-0.39, 0.29) is 23.9 Å². The van der Waals surface area contributed by atoms with E-state index in [1.165, 1.54) is 12.1 Å². The molecule has 0 aliphatic carbocycles. The van der Waals surface area contributed by atoms with Gasteiger partial charge in [-0.3, -0.25) is 9.59 Å². The van der Waals surface area contributed by atoms with Gasteiger partial charge in [-0.05, 0) is 24.6 Å². The van der Waals surface area contributed by atoms with E-state index < -0.39 is 23.6 Å². The molecule has 0 fully saturated rings. The minimum Gasteiger partial charge on any atom is -0.482 e. The molecule has 0 aromatic heterocycles. The molecular formula is C14H17ClFNO4. The molecular weight excluding hydrogens is 301 g/mol. The third-order valence-electron chi connectivity index (χ3n) is 2.78. The van der Waals surface area contributed by atoms with Crippen molar-refractivity contribution in [1.29, 1.82) is 0 Å². The molecule has 5 nitrogen and oxygen atoms in total. The first-order chi connectivity index (χ1) is 9.93. The highest BCUT2D eigenvalue weighted by Gasteiger charge is 2.17. The van der Waals surface area contributed by atoms with Crippen molar-refractivity contribution < 1.29 is 23.8 Å².